The van der Waals surface area contributed by atoms with E-state index in [-0.39, 0.29) is 11.8 Å². The Morgan fingerprint density at radius 2 is 1.86 bits per heavy atom. The lowest BCUT2D eigenvalue weighted by atomic mass is 9.96. The number of halogens is 1. The molecule has 2 aliphatic heterocycles. The Kier molecular flexibility index (Phi) is 4.43. The van der Waals surface area contributed by atoms with Crippen molar-refractivity contribution < 1.29 is 14.6 Å². The van der Waals surface area contributed by atoms with Gasteiger partial charge in [0.2, 0.25) is 6.23 Å². The van der Waals surface area contributed by atoms with Gasteiger partial charge in [-0.05, 0) is 54.1 Å². The SMILES string of the molecule is COc1ccc(C2=NN3[C@@H](C2)c2ccccc2O[C@H]3c2cc(Br)ccc2O)cc1. The molecule has 2 heterocycles. The van der Waals surface area contributed by atoms with E-state index in [1.54, 1.807) is 13.2 Å². The zero-order valence-corrected chi connectivity index (χ0v) is 17.3. The molecule has 146 valence electrons. The summed E-state index contributed by atoms with van der Waals surface area (Å²) in [5.74, 6) is 1.82. The second-order valence-corrected chi connectivity index (χ2v) is 8.00. The van der Waals surface area contributed by atoms with Crippen molar-refractivity contribution in [2.24, 2.45) is 5.10 Å². The zero-order valence-electron chi connectivity index (χ0n) is 15.7. The molecule has 0 fully saturated rings. The molecule has 0 bridgehead atoms. The van der Waals surface area contributed by atoms with Crippen molar-refractivity contribution in [2.45, 2.75) is 18.7 Å². The second kappa shape index (κ2) is 7.12. The fourth-order valence-corrected chi connectivity index (χ4v) is 4.30. The number of phenols is 1. The van der Waals surface area contributed by atoms with Crippen molar-refractivity contribution >= 4 is 21.6 Å². The van der Waals surface area contributed by atoms with E-state index >= 15 is 0 Å². The Hall–Kier alpha value is -2.99. The van der Waals surface area contributed by atoms with E-state index in [4.69, 9.17) is 14.6 Å². The highest BCUT2D eigenvalue weighted by molar-refractivity contribution is 9.10. The van der Waals surface area contributed by atoms with Gasteiger partial charge in [0.1, 0.15) is 17.2 Å². The molecular weight excluding hydrogens is 432 g/mol. The van der Waals surface area contributed by atoms with Crippen LogP contribution in [0.4, 0.5) is 0 Å². The van der Waals surface area contributed by atoms with Crippen molar-refractivity contribution in [2.75, 3.05) is 7.11 Å². The van der Waals surface area contributed by atoms with Crippen LogP contribution in [0.25, 0.3) is 0 Å². The fourth-order valence-electron chi connectivity index (χ4n) is 3.92. The smallest absolute Gasteiger partial charge is 0.217 e. The van der Waals surface area contributed by atoms with E-state index in [9.17, 15) is 5.11 Å². The van der Waals surface area contributed by atoms with Gasteiger partial charge in [-0.25, -0.2) is 5.01 Å². The number of benzene rings is 3. The maximum Gasteiger partial charge on any atom is 0.217 e. The number of nitrogens with zero attached hydrogens (tertiary/aromatic N) is 2. The van der Waals surface area contributed by atoms with Gasteiger partial charge in [-0.15, -0.1) is 0 Å². The van der Waals surface area contributed by atoms with Gasteiger partial charge in [-0.1, -0.05) is 34.1 Å². The van der Waals surface area contributed by atoms with E-state index < -0.39 is 6.23 Å². The van der Waals surface area contributed by atoms with Crippen LogP contribution < -0.4 is 9.47 Å². The highest BCUT2D eigenvalue weighted by Gasteiger charge is 2.41. The Bertz CT molecular complexity index is 1100. The highest BCUT2D eigenvalue weighted by Crippen LogP contribution is 2.48. The van der Waals surface area contributed by atoms with Gasteiger partial charge in [-0.3, -0.25) is 0 Å². The average molecular weight is 451 g/mol. The number of aromatic hydroxyl groups is 1. The summed E-state index contributed by atoms with van der Waals surface area (Å²) in [5, 5.41) is 17.4. The third kappa shape index (κ3) is 3.13. The first-order chi connectivity index (χ1) is 14.1. The normalized spacial score (nSPS) is 19.8. The summed E-state index contributed by atoms with van der Waals surface area (Å²) in [5.41, 5.74) is 3.82. The number of hydrogen-bond donors (Lipinski definition) is 1. The monoisotopic (exact) mass is 450 g/mol. The zero-order chi connectivity index (χ0) is 20.0. The maximum absolute atomic E-state index is 10.5. The Morgan fingerprint density at radius 3 is 2.66 bits per heavy atom. The Labute approximate surface area is 177 Å². The maximum atomic E-state index is 10.5. The minimum absolute atomic E-state index is 0.0421. The molecule has 29 heavy (non-hydrogen) atoms. The number of hydrazone groups is 1. The first-order valence-corrected chi connectivity index (χ1v) is 10.2. The lowest BCUT2D eigenvalue weighted by molar-refractivity contribution is -0.0203. The Balaban J connectivity index is 1.59. The van der Waals surface area contributed by atoms with Gasteiger partial charge < -0.3 is 14.6 Å². The van der Waals surface area contributed by atoms with E-state index in [2.05, 4.69) is 22.0 Å². The van der Waals surface area contributed by atoms with Gasteiger partial charge in [0.15, 0.2) is 0 Å². The van der Waals surface area contributed by atoms with Crippen LogP contribution >= 0.6 is 15.9 Å². The molecule has 0 saturated heterocycles. The van der Waals surface area contributed by atoms with Crippen LogP contribution in [-0.4, -0.2) is 22.9 Å². The number of fused-ring (bicyclic) bond motifs is 3. The molecule has 3 aromatic rings. The Morgan fingerprint density at radius 1 is 1.07 bits per heavy atom. The summed E-state index contributed by atoms with van der Waals surface area (Å²) < 4.78 is 12.5. The van der Waals surface area contributed by atoms with Gasteiger partial charge >= 0.3 is 0 Å². The molecule has 0 unspecified atom stereocenters. The van der Waals surface area contributed by atoms with E-state index in [1.807, 2.05) is 59.6 Å². The summed E-state index contributed by atoms with van der Waals surface area (Å²) in [6.07, 6.45) is 0.251. The van der Waals surface area contributed by atoms with Crippen molar-refractivity contribution in [3.05, 3.63) is 87.9 Å². The number of methoxy groups -OCH3 is 1. The minimum Gasteiger partial charge on any atom is -0.507 e. The molecule has 0 aromatic heterocycles. The van der Waals surface area contributed by atoms with Crippen molar-refractivity contribution in [3.8, 4) is 17.2 Å². The molecule has 0 aliphatic carbocycles. The van der Waals surface area contributed by atoms with Gasteiger partial charge in [0.25, 0.3) is 0 Å². The summed E-state index contributed by atoms with van der Waals surface area (Å²) in [7, 11) is 1.66. The quantitative estimate of drug-likeness (QED) is 0.579. The summed E-state index contributed by atoms with van der Waals surface area (Å²) in [6, 6.07) is 21.4. The van der Waals surface area contributed by atoms with Crippen molar-refractivity contribution in [1.29, 1.82) is 0 Å². The summed E-state index contributed by atoms with van der Waals surface area (Å²) in [6.45, 7) is 0. The van der Waals surface area contributed by atoms with Crippen LogP contribution in [0, 0.1) is 0 Å². The number of para-hydroxylation sites is 1. The number of ether oxygens (including phenoxy) is 2. The number of rotatable bonds is 3. The highest BCUT2D eigenvalue weighted by atomic mass is 79.9. The molecule has 0 spiro atoms. The minimum atomic E-state index is -0.511. The predicted molar refractivity (Wildman–Crippen MR) is 114 cm³/mol. The number of hydrogen-bond acceptors (Lipinski definition) is 5. The summed E-state index contributed by atoms with van der Waals surface area (Å²) >= 11 is 3.50. The molecule has 1 N–H and O–H groups in total. The molecule has 2 atom stereocenters. The predicted octanol–water partition coefficient (Wildman–Crippen LogP) is 5.41. The summed E-state index contributed by atoms with van der Waals surface area (Å²) in [4.78, 5) is 0. The van der Waals surface area contributed by atoms with Gasteiger partial charge in [-0.2, -0.15) is 5.10 Å². The topological polar surface area (TPSA) is 54.3 Å². The van der Waals surface area contributed by atoms with Crippen LogP contribution in [0.3, 0.4) is 0 Å². The largest absolute Gasteiger partial charge is 0.507 e. The number of phenolic OH excluding ortho intramolecular Hbond substituents is 1. The van der Waals surface area contributed by atoms with E-state index in [1.165, 1.54) is 0 Å². The molecule has 2 aliphatic rings. The van der Waals surface area contributed by atoms with Crippen LogP contribution in [-0.2, 0) is 0 Å². The molecule has 0 radical (unpaired) electrons. The van der Waals surface area contributed by atoms with Crippen LogP contribution in [0.2, 0.25) is 0 Å². The molecule has 3 aromatic carbocycles. The lowest BCUT2D eigenvalue weighted by Gasteiger charge is -2.38. The standard InChI is InChI=1S/C23H19BrN2O3/c1-28-16-9-6-14(7-10-16)19-13-20-17-4-2-3-5-22(17)29-23(26(20)25-19)18-12-15(24)8-11-21(18)27/h2-12,20,23,27H,13H2,1H3/t20-,23-/m0/s1. The van der Waals surface area contributed by atoms with Gasteiger partial charge in [0.05, 0.1) is 24.4 Å². The van der Waals surface area contributed by atoms with Crippen LogP contribution in [0.15, 0.2) is 76.3 Å². The molecule has 5 rings (SSSR count). The van der Waals surface area contributed by atoms with Crippen LogP contribution in [0.1, 0.15) is 35.4 Å². The van der Waals surface area contributed by atoms with Gasteiger partial charge in [0, 0.05) is 16.5 Å². The fraction of sp³-hybridized carbons (Fsp3) is 0.174. The third-order valence-electron chi connectivity index (χ3n) is 5.38. The molecule has 6 heteroatoms. The van der Waals surface area contributed by atoms with Crippen LogP contribution in [0.5, 0.6) is 17.2 Å². The first kappa shape index (κ1) is 18.1. The van der Waals surface area contributed by atoms with Crippen molar-refractivity contribution in [1.82, 2.24) is 5.01 Å². The lowest BCUT2D eigenvalue weighted by Crippen LogP contribution is -2.33. The second-order valence-electron chi connectivity index (χ2n) is 7.09. The molecule has 5 nitrogen and oxygen atoms in total. The molecular formula is C23H19BrN2O3. The molecule has 0 amide bonds. The third-order valence-corrected chi connectivity index (χ3v) is 5.87. The first-order valence-electron chi connectivity index (χ1n) is 9.38. The van der Waals surface area contributed by atoms with E-state index in [0.717, 1.165) is 39.2 Å². The average Bonchev–Trinajstić information content (AvgIpc) is 3.21. The van der Waals surface area contributed by atoms with Crippen molar-refractivity contribution in [3.63, 3.8) is 0 Å². The molecule has 0 saturated carbocycles. The van der Waals surface area contributed by atoms with E-state index in [0.29, 0.717) is 5.56 Å².